The van der Waals surface area contributed by atoms with Gasteiger partial charge in [-0.05, 0) is 24.3 Å². The molecule has 0 heterocycles. The lowest BCUT2D eigenvalue weighted by Gasteiger charge is -2.11. The summed E-state index contributed by atoms with van der Waals surface area (Å²) >= 11 is 0. The van der Waals surface area contributed by atoms with Crippen molar-refractivity contribution in [2.24, 2.45) is 0 Å². The van der Waals surface area contributed by atoms with Crippen LogP contribution in [0.25, 0.3) is 0 Å². The molecule has 2 aromatic carbocycles. The Balaban J connectivity index is 2.28. The Morgan fingerprint density at radius 2 is 1.55 bits per heavy atom. The molecule has 116 valence electrons. The molecule has 0 aliphatic carbocycles. The van der Waals surface area contributed by atoms with Crippen LogP contribution in [-0.4, -0.2) is 12.6 Å². The number of hydrogen-bond acceptors (Lipinski definition) is 3. The van der Waals surface area contributed by atoms with Crippen LogP contribution in [0.3, 0.4) is 0 Å². The number of rotatable bonds is 4. The van der Waals surface area contributed by atoms with Crippen molar-refractivity contribution in [2.45, 2.75) is 6.36 Å². The molecule has 0 N–H and O–H groups in total. The van der Waals surface area contributed by atoms with Gasteiger partial charge in [0.1, 0.15) is 17.8 Å². The lowest BCUT2D eigenvalue weighted by molar-refractivity contribution is -0.274. The second kappa shape index (κ2) is 6.00. The minimum atomic E-state index is -4.90. The largest absolute Gasteiger partial charge is 0.573 e. The molecule has 2 rings (SSSR count). The summed E-state index contributed by atoms with van der Waals surface area (Å²) in [6, 6.07) is 5.65. The predicted octanol–water partition coefficient (Wildman–Crippen LogP) is 4.47. The molecule has 0 aromatic heterocycles. The summed E-state index contributed by atoms with van der Waals surface area (Å²) in [5, 5.41) is 0. The molecule has 0 saturated heterocycles. The third-order valence-corrected chi connectivity index (χ3v) is 2.42. The van der Waals surface area contributed by atoms with E-state index < -0.39 is 29.5 Å². The lowest BCUT2D eigenvalue weighted by Crippen LogP contribution is -2.17. The first-order chi connectivity index (χ1) is 10.3. The van der Waals surface area contributed by atoms with Crippen LogP contribution in [0.4, 0.5) is 22.0 Å². The van der Waals surface area contributed by atoms with Crippen LogP contribution in [-0.2, 0) is 0 Å². The fraction of sp³-hybridized carbons (Fsp3) is 0.0714. The third-order valence-electron chi connectivity index (χ3n) is 2.42. The smallest absolute Gasteiger partial charge is 0.451 e. The van der Waals surface area contributed by atoms with Crippen LogP contribution in [0, 0.1) is 11.6 Å². The fourth-order valence-corrected chi connectivity index (χ4v) is 1.60. The van der Waals surface area contributed by atoms with Crippen molar-refractivity contribution < 1.29 is 36.2 Å². The zero-order valence-corrected chi connectivity index (χ0v) is 10.7. The Hall–Kier alpha value is -2.64. The van der Waals surface area contributed by atoms with Gasteiger partial charge in [-0.3, -0.25) is 4.79 Å². The fourth-order valence-electron chi connectivity index (χ4n) is 1.60. The Bertz CT molecular complexity index is 674. The third kappa shape index (κ3) is 3.94. The van der Waals surface area contributed by atoms with Gasteiger partial charge in [0.25, 0.3) is 0 Å². The second-order valence-electron chi connectivity index (χ2n) is 4.06. The maximum Gasteiger partial charge on any atom is 0.573 e. The topological polar surface area (TPSA) is 35.5 Å². The van der Waals surface area contributed by atoms with E-state index in [4.69, 9.17) is 4.74 Å². The van der Waals surface area contributed by atoms with Gasteiger partial charge < -0.3 is 9.47 Å². The van der Waals surface area contributed by atoms with Crippen LogP contribution in [0.15, 0.2) is 36.4 Å². The summed E-state index contributed by atoms with van der Waals surface area (Å²) in [6.45, 7) is 0. The highest BCUT2D eigenvalue weighted by atomic mass is 19.4. The first kappa shape index (κ1) is 15.7. The van der Waals surface area contributed by atoms with Gasteiger partial charge in [-0.15, -0.1) is 13.2 Å². The maximum atomic E-state index is 13.6. The van der Waals surface area contributed by atoms with Crippen molar-refractivity contribution in [1.82, 2.24) is 0 Å². The van der Waals surface area contributed by atoms with Gasteiger partial charge in [0.05, 0.1) is 0 Å². The van der Waals surface area contributed by atoms with E-state index in [-0.39, 0.29) is 17.6 Å². The molecule has 0 fully saturated rings. The Labute approximate surface area is 120 Å². The standard InChI is InChI=1S/C14H7F5O3/c15-11-4-8(7-20)5-12(16)13(11)21-9-2-1-3-10(6-9)22-14(17,18)19/h1-7H. The molecular formula is C14H7F5O3. The Morgan fingerprint density at radius 1 is 0.955 bits per heavy atom. The highest BCUT2D eigenvalue weighted by Crippen LogP contribution is 2.31. The summed E-state index contributed by atoms with van der Waals surface area (Å²) in [5.74, 6) is -4.03. The van der Waals surface area contributed by atoms with E-state index in [9.17, 15) is 26.7 Å². The van der Waals surface area contributed by atoms with Crippen LogP contribution >= 0.6 is 0 Å². The van der Waals surface area contributed by atoms with Gasteiger partial charge in [-0.2, -0.15) is 0 Å². The van der Waals surface area contributed by atoms with Gasteiger partial charge in [0.15, 0.2) is 17.4 Å². The summed E-state index contributed by atoms with van der Waals surface area (Å²) in [4.78, 5) is 10.5. The SMILES string of the molecule is O=Cc1cc(F)c(Oc2cccc(OC(F)(F)F)c2)c(F)c1. The summed E-state index contributed by atoms with van der Waals surface area (Å²) < 4.78 is 72.1. The van der Waals surface area contributed by atoms with Gasteiger partial charge >= 0.3 is 6.36 Å². The molecular weight excluding hydrogens is 311 g/mol. The van der Waals surface area contributed by atoms with Crippen molar-refractivity contribution in [3.8, 4) is 17.2 Å². The molecule has 0 bridgehead atoms. The van der Waals surface area contributed by atoms with E-state index in [0.29, 0.717) is 0 Å². The van der Waals surface area contributed by atoms with Crippen molar-refractivity contribution in [3.63, 3.8) is 0 Å². The Kier molecular flexibility index (Phi) is 4.30. The van der Waals surface area contributed by atoms with Gasteiger partial charge in [0, 0.05) is 11.6 Å². The van der Waals surface area contributed by atoms with Crippen molar-refractivity contribution in [1.29, 1.82) is 0 Å². The first-order valence-electron chi connectivity index (χ1n) is 5.76. The highest BCUT2D eigenvalue weighted by Gasteiger charge is 2.31. The van der Waals surface area contributed by atoms with Crippen LogP contribution in [0.1, 0.15) is 10.4 Å². The predicted molar refractivity (Wildman–Crippen MR) is 64.9 cm³/mol. The summed E-state index contributed by atoms with van der Waals surface area (Å²) in [7, 11) is 0. The average molecular weight is 318 g/mol. The van der Waals surface area contributed by atoms with Crippen LogP contribution in [0.2, 0.25) is 0 Å². The number of halogens is 5. The minimum Gasteiger partial charge on any atom is -0.451 e. The molecule has 22 heavy (non-hydrogen) atoms. The number of hydrogen-bond donors (Lipinski definition) is 0. The van der Waals surface area contributed by atoms with E-state index in [1.807, 2.05) is 0 Å². The molecule has 8 heteroatoms. The number of carbonyl (C=O) groups excluding carboxylic acids is 1. The summed E-state index contributed by atoms with van der Waals surface area (Å²) in [5.41, 5.74) is -0.239. The van der Waals surface area contributed by atoms with Crippen molar-refractivity contribution in [2.75, 3.05) is 0 Å². The monoisotopic (exact) mass is 318 g/mol. The molecule has 0 aliphatic heterocycles. The number of ether oxygens (including phenoxy) is 2. The van der Waals surface area contributed by atoms with E-state index in [0.717, 1.165) is 30.3 Å². The maximum absolute atomic E-state index is 13.6. The van der Waals surface area contributed by atoms with E-state index in [1.54, 1.807) is 0 Å². The molecule has 0 amide bonds. The Morgan fingerprint density at radius 3 is 2.09 bits per heavy atom. The quantitative estimate of drug-likeness (QED) is 0.616. The number of benzene rings is 2. The van der Waals surface area contributed by atoms with E-state index in [1.165, 1.54) is 6.07 Å². The lowest BCUT2D eigenvalue weighted by atomic mass is 10.2. The van der Waals surface area contributed by atoms with E-state index in [2.05, 4.69) is 4.74 Å². The molecule has 0 radical (unpaired) electrons. The molecule has 2 aromatic rings. The van der Waals surface area contributed by atoms with Crippen molar-refractivity contribution in [3.05, 3.63) is 53.6 Å². The second-order valence-corrected chi connectivity index (χ2v) is 4.06. The van der Waals surface area contributed by atoms with Crippen LogP contribution in [0.5, 0.6) is 17.2 Å². The van der Waals surface area contributed by atoms with Gasteiger partial charge in [0.2, 0.25) is 0 Å². The normalized spacial score (nSPS) is 11.1. The molecule has 3 nitrogen and oxygen atoms in total. The summed E-state index contributed by atoms with van der Waals surface area (Å²) in [6.07, 6.45) is -4.66. The molecule has 0 aliphatic rings. The van der Waals surface area contributed by atoms with Gasteiger partial charge in [-0.25, -0.2) is 8.78 Å². The number of alkyl halides is 3. The highest BCUT2D eigenvalue weighted by molar-refractivity contribution is 5.75. The molecule has 0 saturated carbocycles. The zero-order chi connectivity index (χ0) is 16.3. The molecule has 0 spiro atoms. The number of carbonyl (C=O) groups is 1. The van der Waals surface area contributed by atoms with Gasteiger partial charge in [-0.1, -0.05) is 6.07 Å². The number of aldehydes is 1. The minimum absolute atomic E-state index is 0.239. The first-order valence-corrected chi connectivity index (χ1v) is 5.76. The average Bonchev–Trinajstić information content (AvgIpc) is 2.41. The molecule has 0 unspecified atom stereocenters. The molecule has 0 atom stereocenters. The van der Waals surface area contributed by atoms with Crippen LogP contribution < -0.4 is 9.47 Å². The van der Waals surface area contributed by atoms with Crippen molar-refractivity contribution >= 4 is 6.29 Å². The van der Waals surface area contributed by atoms with E-state index >= 15 is 0 Å². The zero-order valence-electron chi connectivity index (χ0n) is 10.7.